The second-order valence-corrected chi connectivity index (χ2v) is 4.67. The van der Waals surface area contributed by atoms with Crippen molar-refractivity contribution in [2.45, 2.75) is 26.8 Å². The van der Waals surface area contributed by atoms with Crippen molar-refractivity contribution in [1.82, 2.24) is 5.32 Å². The molecule has 0 saturated heterocycles. The van der Waals surface area contributed by atoms with Crippen molar-refractivity contribution >= 4 is 5.97 Å². The highest BCUT2D eigenvalue weighted by Gasteiger charge is 2.12. The summed E-state index contributed by atoms with van der Waals surface area (Å²) < 4.78 is 5.61. The van der Waals surface area contributed by atoms with E-state index in [1.165, 1.54) is 5.56 Å². The molecule has 0 aliphatic heterocycles. The summed E-state index contributed by atoms with van der Waals surface area (Å²) in [5.41, 5.74) is 1.20. The van der Waals surface area contributed by atoms with E-state index in [4.69, 9.17) is 9.84 Å². The standard InChI is InChI=1S/C14H21NO3/c1-10-4-6-13(7-5-10)18-9-12(3)15-8-11(2)14(16)17/h4-7,11-12,15H,8-9H2,1-3H3,(H,16,17). The molecule has 0 bridgehead atoms. The molecule has 2 unspecified atom stereocenters. The third-order valence-corrected chi connectivity index (χ3v) is 2.72. The molecule has 100 valence electrons. The van der Waals surface area contributed by atoms with Crippen LogP contribution in [0.2, 0.25) is 0 Å². The van der Waals surface area contributed by atoms with Gasteiger partial charge < -0.3 is 15.2 Å². The minimum Gasteiger partial charge on any atom is -0.492 e. The molecular formula is C14H21NO3. The third-order valence-electron chi connectivity index (χ3n) is 2.72. The summed E-state index contributed by atoms with van der Waals surface area (Å²) in [6.07, 6.45) is 0. The van der Waals surface area contributed by atoms with Gasteiger partial charge in [-0.2, -0.15) is 0 Å². The topological polar surface area (TPSA) is 58.6 Å². The van der Waals surface area contributed by atoms with E-state index in [1.807, 2.05) is 38.1 Å². The maximum absolute atomic E-state index is 10.7. The lowest BCUT2D eigenvalue weighted by atomic mass is 10.2. The number of benzene rings is 1. The van der Waals surface area contributed by atoms with Crippen LogP contribution >= 0.6 is 0 Å². The Kier molecular flexibility index (Phi) is 5.65. The first kappa shape index (κ1) is 14.5. The van der Waals surface area contributed by atoms with E-state index >= 15 is 0 Å². The van der Waals surface area contributed by atoms with Crippen LogP contribution in [0.25, 0.3) is 0 Å². The van der Waals surface area contributed by atoms with Crippen molar-refractivity contribution in [2.75, 3.05) is 13.2 Å². The van der Waals surface area contributed by atoms with Crippen LogP contribution < -0.4 is 10.1 Å². The zero-order valence-corrected chi connectivity index (χ0v) is 11.1. The Morgan fingerprint density at radius 1 is 1.33 bits per heavy atom. The number of ether oxygens (including phenoxy) is 1. The van der Waals surface area contributed by atoms with Crippen molar-refractivity contribution in [1.29, 1.82) is 0 Å². The van der Waals surface area contributed by atoms with Crippen LogP contribution in [-0.4, -0.2) is 30.3 Å². The zero-order chi connectivity index (χ0) is 13.5. The summed E-state index contributed by atoms with van der Waals surface area (Å²) in [5.74, 6) is -0.332. The fraction of sp³-hybridized carbons (Fsp3) is 0.500. The van der Waals surface area contributed by atoms with Crippen molar-refractivity contribution in [3.8, 4) is 5.75 Å². The van der Waals surface area contributed by atoms with Gasteiger partial charge in [0, 0.05) is 12.6 Å². The molecule has 0 amide bonds. The highest BCUT2D eigenvalue weighted by molar-refractivity contribution is 5.69. The molecule has 0 aliphatic rings. The normalized spacial score (nSPS) is 13.9. The van der Waals surface area contributed by atoms with Gasteiger partial charge in [-0.3, -0.25) is 4.79 Å². The third kappa shape index (κ3) is 5.19. The van der Waals surface area contributed by atoms with E-state index in [9.17, 15) is 4.79 Å². The van der Waals surface area contributed by atoms with Crippen LogP contribution in [0, 0.1) is 12.8 Å². The Morgan fingerprint density at radius 3 is 2.50 bits per heavy atom. The minimum absolute atomic E-state index is 0.119. The van der Waals surface area contributed by atoms with Crippen LogP contribution in [0.15, 0.2) is 24.3 Å². The Labute approximate surface area is 108 Å². The molecule has 0 radical (unpaired) electrons. The molecule has 0 saturated carbocycles. The van der Waals surface area contributed by atoms with Crippen molar-refractivity contribution in [2.24, 2.45) is 5.92 Å². The fourth-order valence-electron chi connectivity index (χ4n) is 1.38. The van der Waals surface area contributed by atoms with Gasteiger partial charge in [0.05, 0.1) is 5.92 Å². The van der Waals surface area contributed by atoms with Gasteiger partial charge in [0.25, 0.3) is 0 Å². The monoisotopic (exact) mass is 251 g/mol. The minimum atomic E-state index is -0.783. The maximum atomic E-state index is 10.7. The number of hydrogen-bond donors (Lipinski definition) is 2. The molecule has 1 aromatic rings. The molecule has 2 N–H and O–H groups in total. The zero-order valence-electron chi connectivity index (χ0n) is 11.1. The Morgan fingerprint density at radius 2 is 1.94 bits per heavy atom. The molecule has 0 aliphatic carbocycles. The average Bonchev–Trinajstić information content (AvgIpc) is 2.35. The number of carbonyl (C=O) groups is 1. The van der Waals surface area contributed by atoms with Gasteiger partial charge in [-0.25, -0.2) is 0 Å². The van der Waals surface area contributed by atoms with E-state index in [0.29, 0.717) is 13.2 Å². The highest BCUT2D eigenvalue weighted by atomic mass is 16.5. The number of aliphatic carboxylic acids is 1. The summed E-state index contributed by atoms with van der Waals surface area (Å²) in [4.78, 5) is 10.7. The number of rotatable bonds is 7. The number of nitrogens with one attached hydrogen (secondary N) is 1. The Balaban J connectivity index is 2.26. The van der Waals surface area contributed by atoms with E-state index in [1.54, 1.807) is 6.92 Å². The molecule has 1 rings (SSSR count). The van der Waals surface area contributed by atoms with Gasteiger partial charge >= 0.3 is 5.97 Å². The van der Waals surface area contributed by atoms with E-state index in [0.717, 1.165) is 5.75 Å². The van der Waals surface area contributed by atoms with Crippen LogP contribution in [0.4, 0.5) is 0 Å². The fourth-order valence-corrected chi connectivity index (χ4v) is 1.38. The van der Waals surface area contributed by atoms with Gasteiger partial charge in [-0.05, 0) is 26.0 Å². The summed E-state index contributed by atoms with van der Waals surface area (Å²) in [7, 11) is 0. The largest absolute Gasteiger partial charge is 0.492 e. The van der Waals surface area contributed by atoms with Gasteiger partial charge in [0.1, 0.15) is 12.4 Å². The molecule has 0 heterocycles. The number of carboxylic acids is 1. The SMILES string of the molecule is Cc1ccc(OCC(C)NCC(C)C(=O)O)cc1. The highest BCUT2D eigenvalue weighted by Crippen LogP contribution is 2.11. The van der Waals surface area contributed by atoms with Crippen molar-refractivity contribution < 1.29 is 14.6 Å². The lowest BCUT2D eigenvalue weighted by molar-refractivity contribution is -0.141. The molecule has 1 aromatic carbocycles. The first-order valence-corrected chi connectivity index (χ1v) is 6.14. The molecule has 0 spiro atoms. The predicted molar refractivity (Wildman–Crippen MR) is 70.9 cm³/mol. The van der Waals surface area contributed by atoms with E-state index in [2.05, 4.69) is 5.32 Å². The molecule has 0 fully saturated rings. The van der Waals surface area contributed by atoms with E-state index in [-0.39, 0.29) is 12.0 Å². The second-order valence-electron chi connectivity index (χ2n) is 4.67. The summed E-state index contributed by atoms with van der Waals surface area (Å²) in [6, 6.07) is 7.98. The lowest BCUT2D eigenvalue weighted by Crippen LogP contribution is -2.36. The van der Waals surface area contributed by atoms with E-state index < -0.39 is 5.97 Å². The van der Waals surface area contributed by atoms with Gasteiger partial charge in [-0.1, -0.05) is 24.6 Å². The maximum Gasteiger partial charge on any atom is 0.307 e. The number of aryl methyl sites for hydroxylation is 1. The van der Waals surface area contributed by atoms with Gasteiger partial charge in [0.2, 0.25) is 0 Å². The van der Waals surface area contributed by atoms with Crippen molar-refractivity contribution in [3.63, 3.8) is 0 Å². The molecule has 4 heteroatoms. The first-order valence-electron chi connectivity index (χ1n) is 6.14. The van der Waals surface area contributed by atoms with Crippen LogP contribution in [-0.2, 0) is 4.79 Å². The Bertz CT molecular complexity index is 375. The first-order chi connectivity index (χ1) is 8.49. The predicted octanol–water partition coefficient (Wildman–Crippen LogP) is 2.07. The number of hydrogen-bond acceptors (Lipinski definition) is 3. The average molecular weight is 251 g/mol. The van der Waals surface area contributed by atoms with Gasteiger partial charge in [-0.15, -0.1) is 0 Å². The molecule has 2 atom stereocenters. The molecule has 4 nitrogen and oxygen atoms in total. The van der Waals surface area contributed by atoms with Gasteiger partial charge in [0.15, 0.2) is 0 Å². The second kappa shape index (κ2) is 7.01. The van der Waals surface area contributed by atoms with Crippen molar-refractivity contribution in [3.05, 3.63) is 29.8 Å². The molecular weight excluding hydrogens is 230 g/mol. The smallest absolute Gasteiger partial charge is 0.307 e. The number of carboxylic acid groups (broad SMARTS) is 1. The summed E-state index contributed by atoms with van der Waals surface area (Å²) >= 11 is 0. The summed E-state index contributed by atoms with van der Waals surface area (Å²) in [5, 5.41) is 11.9. The van der Waals surface area contributed by atoms with Crippen LogP contribution in [0.3, 0.4) is 0 Å². The van der Waals surface area contributed by atoms with Crippen LogP contribution in [0.1, 0.15) is 19.4 Å². The van der Waals surface area contributed by atoms with Crippen LogP contribution in [0.5, 0.6) is 5.75 Å². The summed E-state index contributed by atoms with van der Waals surface area (Å²) in [6.45, 7) is 6.66. The Hall–Kier alpha value is -1.55. The molecule has 0 aromatic heterocycles. The lowest BCUT2D eigenvalue weighted by Gasteiger charge is -2.16. The molecule has 18 heavy (non-hydrogen) atoms. The quantitative estimate of drug-likeness (QED) is 0.779.